The molecule has 0 bridgehead atoms. The van der Waals surface area contributed by atoms with Crippen LogP contribution in [0.2, 0.25) is 0 Å². The summed E-state index contributed by atoms with van der Waals surface area (Å²) >= 11 is 0. The second-order valence-corrected chi connectivity index (χ2v) is 8.81. The lowest BCUT2D eigenvalue weighted by atomic mass is 9.86. The number of nitrogens with one attached hydrogen (secondary N) is 1. The van der Waals surface area contributed by atoms with Gasteiger partial charge in [0.05, 0.1) is 18.6 Å². The van der Waals surface area contributed by atoms with E-state index in [2.05, 4.69) is 17.4 Å². The molecular weight excluding hydrogens is 286 g/mol. The monoisotopic (exact) mass is 309 g/mol. The van der Waals surface area contributed by atoms with Crippen LogP contribution in [0, 0.1) is 0 Å². The van der Waals surface area contributed by atoms with Crippen LogP contribution in [0.25, 0.3) is 0 Å². The molecule has 1 aliphatic heterocycles. The van der Waals surface area contributed by atoms with Crippen LogP contribution in [-0.2, 0) is 22.7 Å². The predicted molar refractivity (Wildman–Crippen MR) is 83.6 cm³/mol. The number of sulfone groups is 1. The molecule has 1 aromatic carbocycles. The fourth-order valence-electron chi connectivity index (χ4n) is 3.60. The van der Waals surface area contributed by atoms with Gasteiger partial charge >= 0.3 is 0 Å². The molecule has 0 amide bonds. The van der Waals surface area contributed by atoms with Crippen LogP contribution in [0.5, 0.6) is 5.75 Å². The van der Waals surface area contributed by atoms with Crippen molar-refractivity contribution in [2.24, 2.45) is 0 Å². The van der Waals surface area contributed by atoms with Crippen LogP contribution in [0.15, 0.2) is 18.2 Å². The van der Waals surface area contributed by atoms with Crippen LogP contribution in [0.3, 0.4) is 0 Å². The molecule has 1 N–H and O–H groups in total. The fraction of sp³-hybridized carbons (Fsp3) is 0.625. The first-order chi connectivity index (χ1) is 9.89. The number of benzene rings is 1. The Hall–Kier alpha value is -1.07. The lowest BCUT2D eigenvalue weighted by molar-refractivity contribution is 0.318. The molecular formula is C16H23NO3S. The minimum Gasteiger partial charge on any atom is -0.497 e. The van der Waals surface area contributed by atoms with E-state index in [9.17, 15) is 8.42 Å². The molecule has 0 saturated carbocycles. The Balaban J connectivity index is 1.72. The predicted octanol–water partition coefficient (Wildman–Crippen LogP) is 1.72. The smallest absolute Gasteiger partial charge is 0.152 e. The molecule has 2 aliphatic rings. The van der Waals surface area contributed by atoms with Crippen molar-refractivity contribution in [1.82, 2.24) is 5.32 Å². The van der Waals surface area contributed by atoms with Gasteiger partial charge in [-0.25, -0.2) is 8.42 Å². The van der Waals surface area contributed by atoms with Gasteiger partial charge in [-0.3, -0.25) is 0 Å². The van der Waals surface area contributed by atoms with E-state index >= 15 is 0 Å². The summed E-state index contributed by atoms with van der Waals surface area (Å²) in [7, 11) is -1.17. The van der Waals surface area contributed by atoms with Gasteiger partial charge in [0, 0.05) is 11.6 Å². The highest BCUT2D eigenvalue weighted by Gasteiger charge is 2.39. The quantitative estimate of drug-likeness (QED) is 0.924. The number of hydrogen-bond acceptors (Lipinski definition) is 4. The van der Waals surface area contributed by atoms with E-state index in [1.54, 1.807) is 7.11 Å². The number of methoxy groups -OCH3 is 1. The second-order valence-electron chi connectivity index (χ2n) is 6.62. The van der Waals surface area contributed by atoms with E-state index in [4.69, 9.17) is 4.74 Å². The molecule has 116 valence electrons. The zero-order chi connectivity index (χ0) is 15.1. The summed E-state index contributed by atoms with van der Waals surface area (Å²) in [6.07, 6.45) is 3.77. The summed E-state index contributed by atoms with van der Waals surface area (Å²) in [6, 6.07) is 6.61. The standard InChI is InChI=1S/C16H23NO3S/c1-16(7-8-21(18,19)11-16)17-14-5-3-12-4-6-15(20-2)10-13(12)9-14/h4,6,10,14,17H,3,5,7-9,11H2,1-2H3. The van der Waals surface area contributed by atoms with Crippen LogP contribution in [0.4, 0.5) is 0 Å². The van der Waals surface area contributed by atoms with E-state index in [0.29, 0.717) is 11.8 Å². The molecule has 2 atom stereocenters. The van der Waals surface area contributed by atoms with Gasteiger partial charge in [0.1, 0.15) is 5.75 Å². The van der Waals surface area contributed by atoms with Crippen molar-refractivity contribution >= 4 is 9.84 Å². The Kier molecular flexibility index (Phi) is 3.74. The Morgan fingerprint density at radius 1 is 1.33 bits per heavy atom. The Bertz CT molecular complexity index is 641. The van der Waals surface area contributed by atoms with Crippen molar-refractivity contribution in [2.75, 3.05) is 18.6 Å². The average Bonchev–Trinajstić information content (AvgIpc) is 2.71. The molecule has 1 aliphatic carbocycles. The van der Waals surface area contributed by atoms with Gasteiger partial charge in [-0.2, -0.15) is 0 Å². The molecule has 3 rings (SSSR count). The Morgan fingerprint density at radius 3 is 2.81 bits per heavy atom. The van der Waals surface area contributed by atoms with Gasteiger partial charge in [-0.1, -0.05) is 6.07 Å². The van der Waals surface area contributed by atoms with Crippen molar-refractivity contribution in [3.8, 4) is 5.75 Å². The van der Waals surface area contributed by atoms with Gasteiger partial charge < -0.3 is 10.1 Å². The van der Waals surface area contributed by atoms with Gasteiger partial charge in [0.15, 0.2) is 9.84 Å². The number of ether oxygens (including phenoxy) is 1. The van der Waals surface area contributed by atoms with Crippen LogP contribution in [-0.4, -0.2) is 38.6 Å². The Labute approximate surface area is 126 Å². The molecule has 2 unspecified atom stereocenters. The van der Waals surface area contributed by atoms with E-state index in [0.717, 1.165) is 31.4 Å². The average molecular weight is 309 g/mol. The SMILES string of the molecule is COc1ccc2c(c1)CC(NC1(C)CCS(=O)(=O)C1)CC2. The maximum Gasteiger partial charge on any atom is 0.152 e. The summed E-state index contributed by atoms with van der Waals surface area (Å²) in [4.78, 5) is 0. The molecule has 0 aromatic heterocycles. The summed E-state index contributed by atoms with van der Waals surface area (Å²) in [5, 5.41) is 3.61. The zero-order valence-corrected chi connectivity index (χ0v) is 13.5. The normalized spacial score (nSPS) is 30.9. The van der Waals surface area contributed by atoms with Crippen molar-refractivity contribution in [2.45, 2.75) is 44.2 Å². The molecule has 0 radical (unpaired) electrons. The first-order valence-electron chi connectivity index (χ1n) is 7.53. The third-order valence-corrected chi connectivity index (χ3v) is 6.60. The van der Waals surface area contributed by atoms with Crippen molar-refractivity contribution in [3.63, 3.8) is 0 Å². The molecule has 0 spiro atoms. The number of aryl methyl sites for hydroxylation is 1. The van der Waals surface area contributed by atoms with Gasteiger partial charge in [-0.05, 0) is 55.9 Å². The van der Waals surface area contributed by atoms with Crippen LogP contribution >= 0.6 is 0 Å². The van der Waals surface area contributed by atoms with Crippen LogP contribution in [0.1, 0.15) is 30.9 Å². The third-order valence-electron chi connectivity index (χ3n) is 4.70. The van der Waals surface area contributed by atoms with Gasteiger partial charge in [0.25, 0.3) is 0 Å². The zero-order valence-electron chi connectivity index (χ0n) is 12.7. The van der Waals surface area contributed by atoms with E-state index in [1.165, 1.54) is 11.1 Å². The summed E-state index contributed by atoms with van der Waals surface area (Å²) < 4.78 is 28.7. The minimum absolute atomic E-state index is 0.264. The number of rotatable bonds is 3. The first kappa shape index (κ1) is 14.9. The minimum atomic E-state index is -2.86. The summed E-state index contributed by atoms with van der Waals surface area (Å²) in [5.41, 5.74) is 2.44. The maximum atomic E-state index is 11.7. The van der Waals surface area contributed by atoms with Crippen molar-refractivity contribution in [3.05, 3.63) is 29.3 Å². The molecule has 4 nitrogen and oxygen atoms in total. The summed E-state index contributed by atoms with van der Waals surface area (Å²) in [6.45, 7) is 2.04. The van der Waals surface area contributed by atoms with E-state index < -0.39 is 9.84 Å². The lowest BCUT2D eigenvalue weighted by Gasteiger charge is -2.33. The molecule has 1 heterocycles. The van der Waals surface area contributed by atoms with Crippen molar-refractivity contribution in [1.29, 1.82) is 0 Å². The third kappa shape index (κ3) is 3.24. The largest absolute Gasteiger partial charge is 0.497 e. The van der Waals surface area contributed by atoms with E-state index in [1.807, 2.05) is 13.0 Å². The molecule has 1 fully saturated rings. The van der Waals surface area contributed by atoms with Gasteiger partial charge in [0.2, 0.25) is 0 Å². The number of hydrogen-bond donors (Lipinski definition) is 1. The van der Waals surface area contributed by atoms with Crippen LogP contribution < -0.4 is 10.1 Å². The number of fused-ring (bicyclic) bond motifs is 1. The highest BCUT2D eigenvalue weighted by atomic mass is 32.2. The topological polar surface area (TPSA) is 55.4 Å². The summed E-state index contributed by atoms with van der Waals surface area (Å²) in [5.74, 6) is 1.47. The second kappa shape index (κ2) is 5.29. The van der Waals surface area contributed by atoms with E-state index in [-0.39, 0.29) is 11.3 Å². The van der Waals surface area contributed by atoms with Crippen molar-refractivity contribution < 1.29 is 13.2 Å². The highest BCUT2D eigenvalue weighted by Crippen LogP contribution is 2.29. The maximum absolute atomic E-state index is 11.7. The Morgan fingerprint density at radius 2 is 2.14 bits per heavy atom. The molecule has 1 aromatic rings. The molecule has 1 saturated heterocycles. The first-order valence-corrected chi connectivity index (χ1v) is 9.35. The molecule has 5 heteroatoms. The fourth-order valence-corrected chi connectivity index (χ4v) is 5.71. The lowest BCUT2D eigenvalue weighted by Crippen LogP contribution is -2.50. The van der Waals surface area contributed by atoms with Gasteiger partial charge in [-0.15, -0.1) is 0 Å². The molecule has 21 heavy (non-hydrogen) atoms. The highest BCUT2D eigenvalue weighted by molar-refractivity contribution is 7.91.